The number of hydrogen-bond donors (Lipinski definition) is 3. The Balaban J connectivity index is 1.69. The minimum Gasteiger partial charge on any atom is -0.350 e. The van der Waals surface area contributed by atoms with Crippen LogP contribution in [0, 0.1) is 0 Å². The number of rotatable bonds is 4. The highest BCUT2D eigenvalue weighted by atomic mass is 32.2. The maximum absolute atomic E-state index is 11.4. The Bertz CT molecular complexity index is 715. The molecule has 1 amide bonds. The van der Waals surface area contributed by atoms with E-state index in [4.69, 9.17) is 5.84 Å². The summed E-state index contributed by atoms with van der Waals surface area (Å²) in [7, 11) is 0. The Morgan fingerprint density at radius 3 is 2.95 bits per heavy atom. The molecule has 3 aromatic rings. The van der Waals surface area contributed by atoms with Crippen molar-refractivity contribution >= 4 is 39.9 Å². The minimum atomic E-state index is -0.239. The molecule has 0 radical (unpaired) electrons. The summed E-state index contributed by atoms with van der Waals surface area (Å²) in [4.78, 5) is 16.5. The van der Waals surface area contributed by atoms with Crippen LogP contribution < -0.4 is 11.3 Å². The highest BCUT2D eigenvalue weighted by Gasteiger charge is 2.08. The molecule has 6 heteroatoms. The van der Waals surface area contributed by atoms with E-state index in [0.29, 0.717) is 4.88 Å². The number of amides is 1. The van der Waals surface area contributed by atoms with Gasteiger partial charge in [0.2, 0.25) is 0 Å². The topological polar surface area (TPSA) is 70.9 Å². The number of thiophene rings is 1. The summed E-state index contributed by atoms with van der Waals surface area (Å²) < 4.78 is 0. The van der Waals surface area contributed by atoms with Crippen LogP contribution in [0.2, 0.25) is 0 Å². The molecule has 0 unspecified atom stereocenters. The summed E-state index contributed by atoms with van der Waals surface area (Å²) in [5.41, 5.74) is 3.29. The second-order valence-electron chi connectivity index (χ2n) is 4.25. The van der Waals surface area contributed by atoms with E-state index in [9.17, 15) is 4.79 Å². The zero-order valence-corrected chi connectivity index (χ0v) is 12.2. The van der Waals surface area contributed by atoms with Gasteiger partial charge in [0, 0.05) is 21.5 Å². The van der Waals surface area contributed by atoms with Crippen LogP contribution in [0.4, 0.5) is 0 Å². The van der Waals surface area contributed by atoms with Crippen molar-refractivity contribution in [3.8, 4) is 0 Å². The number of benzene rings is 1. The molecular weight excluding hydrogens is 290 g/mol. The number of nitrogens with two attached hydrogens (primary N) is 1. The molecule has 0 atom stereocenters. The molecule has 20 heavy (non-hydrogen) atoms. The first-order valence-corrected chi connectivity index (χ1v) is 7.86. The number of aromatic amines is 1. The summed E-state index contributed by atoms with van der Waals surface area (Å²) in [5.74, 6) is 5.71. The van der Waals surface area contributed by atoms with Gasteiger partial charge in [-0.15, -0.1) is 23.1 Å². The van der Waals surface area contributed by atoms with Crippen molar-refractivity contribution in [1.82, 2.24) is 10.4 Å². The van der Waals surface area contributed by atoms with Gasteiger partial charge in [0.25, 0.3) is 5.91 Å². The summed E-state index contributed by atoms with van der Waals surface area (Å²) >= 11 is 3.19. The second-order valence-corrected chi connectivity index (χ2v) is 6.43. The van der Waals surface area contributed by atoms with Gasteiger partial charge >= 0.3 is 0 Å². The molecule has 102 valence electrons. The molecular formula is C14H13N3OS2. The average molecular weight is 303 g/mol. The molecule has 0 bridgehead atoms. The number of hydrogen-bond acceptors (Lipinski definition) is 4. The molecule has 0 saturated heterocycles. The quantitative estimate of drug-likeness (QED) is 0.300. The smallest absolute Gasteiger partial charge is 0.275 e. The monoisotopic (exact) mass is 303 g/mol. The van der Waals surface area contributed by atoms with E-state index in [0.717, 1.165) is 21.2 Å². The molecule has 0 aliphatic rings. The zero-order chi connectivity index (χ0) is 13.9. The maximum atomic E-state index is 11.4. The predicted octanol–water partition coefficient (Wildman–Crippen LogP) is 3.13. The molecule has 4 N–H and O–H groups in total. The number of fused-ring (bicyclic) bond motifs is 1. The van der Waals surface area contributed by atoms with Gasteiger partial charge in [0.1, 0.15) is 0 Å². The van der Waals surface area contributed by atoms with Gasteiger partial charge in [-0.2, -0.15) is 0 Å². The summed E-state index contributed by atoms with van der Waals surface area (Å²) in [6, 6.07) is 14.1. The number of hydrazine groups is 1. The lowest BCUT2D eigenvalue weighted by atomic mass is 10.3. The number of nitrogens with one attached hydrogen (secondary N) is 2. The van der Waals surface area contributed by atoms with Crippen LogP contribution in [0.3, 0.4) is 0 Å². The van der Waals surface area contributed by atoms with Crippen LogP contribution in [0.1, 0.15) is 14.5 Å². The van der Waals surface area contributed by atoms with Crippen LogP contribution in [0.5, 0.6) is 0 Å². The van der Waals surface area contributed by atoms with Crippen molar-refractivity contribution in [2.75, 3.05) is 0 Å². The highest BCUT2D eigenvalue weighted by Crippen LogP contribution is 2.28. The van der Waals surface area contributed by atoms with Gasteiger partial charge in [-0.05, 0) is 24.3 Å². The SMILES string of the molecule is NNC(=O)c1ccc(CSc2cc3ccccc3[nH]2)s1. The minimum absolute atomic E-state index is 0.239. The first kappa shape index (κ1) is 13.2. The van der Waals surface area contributed by atoms with E-state index in [1.807, 2.05) is 18.2 Å². The van der Waals surface area contributed by atoms with Crippen LogP contribution in [0.25, 0.3) is 10.9 Å². The van der Waals surface area contributed by atoms with E-state index in [-0.39, 0.29) is 5.91 Å². The molecule has 2 aromatic heterocycles. The molecule has 3 rings (SSSR count). The van der Waals surface area contributed by atoms with E-state index < -0.39 is 0 Å². The number of aromatic nitrogens is 1. The Morgan fingerprint density at radius 2 is 2.15 bits per heavy atom. The maximum Gasteiger partial charge on any atom is 0.275 e. The lowest BCUT2D eigenvalue weighted by Gasteiger charge is -1.96. The first-order chi connectivity index (χ1) is 9.76. The number of thioether (sulfide) groups is 1. The third-order valence-electron chi connectivity index (χ3n) is 2.89. The number of H-pyrrole nitrogens is 1. The molecule has 0 saturated carbocycles. The lowest BCUT2D eigenvalue weighted by Crippen LogP contribution is -2.29. The van der Waals surface area contributed by atoms with E-state index >= 15 is 0 Å². The number of nitrogen functional groups attached to an aromatic ring is 1. The fraction of sp³-hybridized carbons (Fsp3) is 0.0714. The Labute approximate surface area is 124 Å². The number of carbonyl (C=O) groups is 1. The molecule has 0 fully saturated rings. The van der Waals surface area contributed by atoms with Gasteiger partial charge in [-0.1, -0.05) is 18.2 Å². The highest BCUT2D eigenvalue weighted by molar-refractivity contribution is 7.98. The van der Waals surface area contributed by atoms with E-state index in [2.05, 4.69) is 28.6 Å². The largest absolute Gasteiger partial charge is 0.350 e. The van der Waals surface area contributed by atoms with Crippen molar-refractivity contribution in [3.63, 3.8) is 0 Å². The third kappa shape index (κ3) is 2.72. The fourth-order valence-electron chi connectivity index (χ4n) is 1.92. The van der Waals surface area contributed by atoms with Gasteiger partial charge in [0.15, 0.2) is 0 Å². The van der Waals surface area contributed by atoms with Crippen LogP contribution in [-0.4, -0.2) is 10.9 Å². The van der Waals surface area contributed by atoms with Crippen LogP contribution in [0.15, 0.2) is 47.5 Å². The van der Waals surface area contributed by atoms with Gasteiger partial charge in [-0.25, -0.2) is 5.84 Å². The Kier molecular flexibility index (Phi) is 3.77. The number of para-hydroxylation sites is 1. The third-order valence-corrected chi connectivity index (χ3v) is 5.14. The normalized spacial score (nSPS) is 10.8. The Morgan fingerprint density at radius 1 is 1.30 bits per heavy atom. The molecule has 1 aromatic carbocycles. The standard InChI is InChI=1S/C14H13N3OS2/c15-17-14(18)12-6-5-10(20-12)8-19-13-7-9-3-1-2-4-11(9)16-13/h1-7,16H,8,15H2,(H,17,18). The predicted molar refractivity (Wildman–Crippen MR) is 83.8 cm³/mol. The second kappa shape index (κ2) is 5.70. The van der Waals surface area contributed by atoms with Crippen molar-refractivity contribution in [3.05, 3.63) is 52.2 Å². The molecule has 0 aliphatic heterocycles. The zero-order valence-electron chi connectivity index (χ0n) is 10.6. The van der Waals surface area contributed by atoms with E-state index in [1.54, 1.807) is 17.8 Å². The van der Waals surface area contributed by atoms with Gasteiger partial charge < -0.3 is 4.98 Å². The fourth-order valence-corrected chi connectivity index (χ4v) is 3.83. The summed E-state index contributed by atoms with van der Waals surface area (Å²) in [6.07, 6.45) is 0. The van der Waals surface area contributed by atoms with Crippen molar-refractivity contribution in [2.24, 2.45) is 5.84 Å². The van der Waals surface area contributed by atoms with Crippen LogP contribution in [-0.2, 0) is 5.75 Å². The number of carbonyl (C=O) groups excluding carboxylic acids is 1. The van der Waals surface area contributed by atoms with Crippen LogP contribution >= 0.6 is 23.1 Å². The summed E-state index contributed by atoms with van der Waals surface area (Å²) in [5, 5.41) is 2.34. The lowest BCUT2D eigenvalue weighted by molar-refractivity contribution is 0.0957. The van der Waals surface area contributed by atoms with Gasteiger partial charge in [-0.3, -0.25) is 10.2 Å². The van der Waals surface area contributed by atoms with E-state index in [1.165, 1.54) is 16.7 Å². The first-order valence-electron chi connectivity index (χ1n) is 6.06. The average Bonchev–Trinajstić information content (AvgIpc) is 3.10. The molecule has 2 heterocycles. The molecule has 0 spiro atoms. The van der Waals surface area contributed by atoms with Crippen molar-refractivity contribution in [2.45, 2.75) is 10.8 Å². The van der Waals surface area contributed by atoms with Gasteiger partial charge in [0.05, 0.1) is 9.90 Å². The Hall–Kier alpha value is -1.76. The molecule has 4 nitrogen and oxygen atoms in total. The van der Waals surface area contributed by atoms with Crippen molar-refractivity contribution < 1.29 is 4.79 Å². The molecule has 0 aliphatic carbocycles. The summed E-state index contributed by atoms with van der Waals surface area (Å²) in [6.45, 7) is 0. The van der Waals surface area contributed by atoms with Crippen molar-refractivity contribution in [1.29, 1.82) is 0 Å².